The maximum absolute atomic E-state index is 12.5. The van der Waals surface area contributed by atoms with Gasteiger partial charge in [-0.3, -0.25) is 14.2 Å². The van der Waals surface area contributed by atoms with E-state index in [1.165, 1.54) is 11.8 Å². The number of hydrogen-bond donors (Lipinski definition) is 2. The molecular weight excluding hydrogens is 449 g/mol. The van der Waals surface area contributed by atoms with Crippen LogP contribution >= 0.6 is 27.7 Å². The minimum Gasteiger partial charge on any atom is -0.379 e. The van der Waals surface area contributed by atoms with Crippen molar-refractivity contribution in [3.8, 4) is 11.3 Å². The van der Waals surface area contributed by atoms with Crippen LogP contribution in [0.25, 0.3) is 16.9 Å². The van der Waals surface area contributed by atoms with E-state index in [-0.39, 0.29) is 5.56 Å². The van der Waals surface area contributed by atoms with Gasteiger partial charge in [0, 0.05) is 16.9 Å². The molecule has 3 aromatic heterocycles. The highest BCUT2D eigenvalue weighted by Crippen LogP contribution is 2.31. The zero-order valence-electron chi connectivity index (χ0n) is 13.7. The Bertz CT molecular complexity index is 1090. The van der Waals surface area contributed by atoms with E-state index in [0.29, 0.717) is 16.4 Å². The van der Waals surface area contributed by atoms with E-state index in [2.05, 4.69) is 35.9 Å². The molecule has 0 aliphatic heterocycles. The Morgan fingerprint density at radius 2 is 2.19 bits per heavy atom. The van der Waals surface area contributed by atoms with Crippen molar-refractivity contribution in [2.24, 2.45) is 10.7 Å². The first-order valence-electron chi connectivity index (χ1n) is 7.52. The summed E-state index contributed by atoms with van der Waals surface area (Å²) in [5.41, 5.74) is 5.30. The van der Waals surface area contributed by atoms with Gasteiger partial charge in [0.15, 0.2) is 0 Å². The number of pyridine rings is 1. The minimum atomic E-state index is -4.81. The van der Waals surface area contributed by atoms with Crippen LogP contribution in [0.2, 0.25) is 0 Å². The number of H-pyrrole nitrogens is 1. The lowest BCUT2D eigenvalue weighted by Crippen LogP contribution is -2.31. The molecule has 0 atom stereocenters. The fraction of sp³-hybridized carbons (Fsp3) is 0.200. The predicted molar refractivity (Wildman–Crippen MR) is 100 cm³/mol. The summed E-state index contributed by atoms with van der Waals surface area (Å²) in [4.78, 5) is 25.9. The maximum atomic E-state index is 12.5. The number of alkyl halides is 3. The molecule has 27 heavy (non-hydrogen) atoms. The van der Waals surface area contributed by atoms with Crippen LogP contribution in [0.4, 0.5) is 19.1 Å². The first-order chi connectivity index (χ1) is 12.7. The van der Waals surface area contributed by atoms with Crippen LogP contribution < -0.4 is 11.3 Å². The molecule has 0 saturated heterocycles. The van der Waals surface area contributed by atoms with Gasteiger partial charge in [0.1, 0.15) is 16.4 Å². The van der Waals surface area contributed by atoms with Crippen molar-refractivity contribution in [1.29, 1.82) is 0 Å². The van der Waals surface area contributed by atoms with Gasteiger partial charge in [-0.2, -0.15) is 18.2 Å². The van der Waals surface area contributed by atoms with Crippen molar-refractivity contribution in [2.45, 2.75) is 18.1 Å². The van der Waals surface area contributed by atoms with Gasteiger partial charge in [0.05, 0.1) is 5.56 Å². The van der Waals surface area contributed by atoms with Crippen LogP contribution in [-0.2, 0) is 0 Å². The minimum absolute atomic E-state index is 0.121. The zero-order valence-corrected chi connectivity index (χ0v) is 16.1. The van der Waals surface area contributed by atoms with Crippen molar-refractivity contribution in [3.63, 3.8) is 0 Å². The van der Waals surface area contributed by atoms with Crippen LogP contribution in [0.15, 0.2) is 43.8 Å². The highest BCUT2D eigenvalue weighted by molar-refractivity contribution is 9.10. The monoisotopic (exact) mass is 460 g/mol. The summed E-state index contributed by atoms with van der Waals surface area (Å²) >= 11 is 4.86. The SMILES string of the molecule is CCSc1c(-c2cnc(N=C(N)C(F)(F)F)[nH]c2=O)nc2ccc(Br)cn12. The molecule has 0 bridgehead atoms. The molecule has 3 aromatic rings. The molecule has 3 N–H and O–H groups in total. The second-order valence-corrected chi connectivity index (χ2v) is 7.39. The van der Waals surface area contributed by atoms with Gasteiger partial charge in [0.25, 0.3) is 5.56 Å². The summed E-state index contributed by atoms with van der Waals surface area (Å²) in [7, 11) is 0. The summed E-state index contributed by atoms with van der Waals surface area (Å²) in [5, 5.41) is 0.715. The van der Waals surface area contributed by atoms with E-state index in [1.807, 2.05) is 23.6 Å². The number of rotatable bonds is 4. The number of thioether (sulfide) groups is 1. The van der Waals surface area contributed by atoms with Crippen LogP contribution in [0.3, 0.4) is 0 Å². The molecule has 0 aliphatic carbocycles. The lowest BCUT2D eigenvalue weighted by Gasteiger charge is -2.05. The number of aromatic amines is 1. The Morgan fingerprint density at radius 3 is 2.81 bits per heavy atom. The van der Waals surface area contributed by atoms with Gasteiger partial charge in [0.2, 0.25) is 11.8 Å². The largest absolute Gasteiger partial charge is 0.449 e. The molecule has 0 radical (unpaired) electrons. The van der Waals surface area contributed by atoms with E-state index >= 15 is 0 Å². The second-order valence-electron chi connectivity index (χ2n) is 5.22. The summed E-state index contributed by atoms with van der Waals surface area (Å²) in [5.74, 6) is -1.41. The third kappa shape index (κ3) is 4.00. The number of imidazole rings is 1. The molecule has 3 heterocycles. The molecule has 12 heteroatoms. The number of amidine groups is 1. The number of aromatic nitrogens is 4. The van der Waals surface area contributed by atoms with Crippen molar-refractivity contribution in [2.75, 3.05) is 5.75 Å². The number of aliphatic imine (C=N–C) groups is 1. The lowest BCUT2D eigenvalue weighted by molar-refractivity contribution is -0.0598. The van der Waals surface area contributed by atoms with E-state index in [9.17, 15) is 18.0 Å². The van der Waals surface area contributed by atoms with Gasteiger partial charge in [-0.1, -0.05) is 6.92 Å². The van der Waals surface area contributed by atoms with E-state index in [4.69, 9.17) is 5.73 Å². The Kier molecular flexibility index (Phi) is 5.29. The molecule has 0 fully saturated rings. The summed E-state index contributed by atoms with van der Waals surface area (Å²) in [6, 6.07) is 3.59. The van der Waals surface area contributed by atoms with Crippen molar-refractivity contribution < 1.29 is 13.2 Å². The third-order valence-electron chi connectivity index (χ3n) is 3.38. The average Bonchev–Trinajstić information content (AvgIpc) is 2.92. The van der Waals surface area contributed by atoms with Crippen molar-refractivity contribution in [1.82, 2.24) is 19.4 Å². The molecular formula is C15H12BrF3N6OS. The number of nitrogens with two attached hydrogens (primary N) is 1. The van der Waals surface area contributed by atoms with E-state index in [1.54, 1.807) is 6.07 Å². The Labute approximate surface area is 163 Å². The standard InChI is InChI=1S/C15H12BrF3N6OS/c1-2-27-12-10(22-9-4-3-7(16)6-25(9)12)8-5-21-14(23-11(8)26)24-13(20)15(17,18)19/h3-6H,2H2,1H3,(H3,20,21,23,24,26). The quantitative estimate of drug-likeness (QED) is 0.352. The Hall–Kier alpha value is -2.34. The number of hydrogen-bond acceptors (Lipinski definition) is 5. The molecule has 3 rings (SSSR count). The van der Waals surface area contributed by atoms with Crippen LogP contribution in [0.5, 0.6) is 0 Å². The van der Waals surface area contributed by atoms with Gasteiger partial charge in [-0.15, -0.1) is 11.8 Å². The van der Waals surface area contributed by atoms with E-state index in [0.717, 1.165) is 16.4 Å². The zero-order chi connectivity index (χ0) is 19.8. The Morgan fingerprint density at radius 1 is 1.44 bits per heavy atom. The molecule has 0 aromatic carbocycles. The fourth-order valence-corrected chi connectivity index (χ4v) is 3.42. The highest BCUT2D eigenvalue weighted by Gasteiger charge is 2.33. The number of nitrogens with zero attached hydrogens (tertiary/aromatic N) is 4. The predicted octanol–water partition coefficient (Wildman–Crippen LogP) is 3.51. The number of halogens is 4. The van der Waals surface area contributed by atoms with Gasteiger partial charge in [-0.05, 0) is 33.8 Å². The average molecular weight is 461 g/mol. The summed E-state index contributed by atoms with van der Waals surface area (Å²) in [6.07, 6.45) is -1.86. The number of fused-ring (bicyclic) bond motifs is 1. The second kappa shape index (κ2) is 7.35. The van der Waals surface area contributed by atoms with Crippen LogP contribution in [-0.4, -0.2) is 37.1 Å². The fourth-order valence-electron chi connectivity index (χ4n) is 2.24. The lowest BCUT2D eigenvalue weighted by atomic mass is 10.2. The summed E-state index contributed by atoms with van der Waals surface area (Å²) in [6.45, 7) is 1.95. The van der Waals surface area contributed by atoms with E-state index < -0.39 is 23.5 Å². The summed E-state index contributed by atoms with van der Waals surface area (Å²) < 4.78 is 40.1. The molecule has 142 valence electrons. The van der Waals surface area contributed by atoms with Crippen molar-refractivity contribution in [3.05, 3.63) is 39.4 Å². The van der Waals surface area contributed by atoms with Crippen molar-refractivity contribution >= 4 is 45.1 Å². The molecule has 0 spiro atoms. The van der Waals surface area contributed by atoms with Crippen LogP contribution in [0.1, 0.15) is 6.92 Å². The molecule has 7 nitrogen and oxygen atoms in total. The highest BCUT2D eigenvalue weighted by atomic mass is 79.9. The molecule has 0 unspecified atom stereocenters. The van der Waals surface area contributed by atoms with Gasteiger partial charge < -0.3 is 5.73 Å². The Balaban J connectivity index is 2.12. The van der Waals surface area contributed by atoms with Gasteiger partial charge in [-0.25, -0.2) is 9.97 Å². The third-order valence-corrected chi connectivity index (χ3v) is 4.80. The maximum Gasteiger partial charge on any atom is 0.449 e. The smallest absolute Gasteiger partial charge is 0.379 e. The normalized spacial score (nSPS) is 12.7. The van der Waals surface area contributed by atoms with Crippen LogP contribution in [0, 0.1) is 0 Å². The molecule has 0 saturated carbocycles. The number of nitrogens with one attached hydrogen (secondary N) is 1. The molecule has 0 amide bonds. The first-order valence-corrected chi connectivity index (χ1v) is 9.30. The molecule has 0 aliphatic rings. The van der Waals surface area contributed by atoms with Gasteiger partial charge >= 0.3 is 6.18 Å². The topological polar surface area (TPSA) is 101 Å². The first kappa shape index (κ1) is 19.4.